The first-order valence-electron chi connectivity index (χ1n) is 11.0. The van der Waals surface area contributed by atoms with E-state index in [0.717, 1.165) is 16.7 Å². The Bertz CT molecular complexity index is 1230. The highest BCUT2D eigenvalue weighted by Gasteiger charge is 2.22. The number of nitrogens with one attached hydrogen (secondary N) is 2. The van der Waals surface area contributed by atoms with Crippen molar-refractivity contribution in [2.24, 2.45) is 5.10 Å². The summed E-state index contributed by atoms with van der Waals surface area (Å²) in [7, 11) is 1.58. The molecule has 0 aliphatic heterocycles. The molecule has 3 aromatic rings. The van der Waals surface area contributed by atoms with Crippen molar-refractivity contribution in [2.45, 2.75) is 18.7 Å². The van der Waals surface area contributed by atoms with Crippen LogP contribution in [0.15, 0.2) is 77.9 Å². The lowest BCUT2D eigenvalue weighted by atomic mass is 10.1. The fourth-order valence-electron chi connectivity index (χ4n) is 3.19. The van der Waals surface area contributed by atoms with Crippen LogP contribution in [0.5, 0.6) is 5.75 Å². The summed E-state index contributed by atoms with van der Waals surface area (Å²) < 4.78 is 5.30. The van der Waals surface area contributed by atoms with Crippen molar-refractivity contribution in [2.75, 3.05) is 12.9 Å². The van der Waals surface area contributed by atoms with E-state index in [4.69, 9.17) is 4.74 Å². The van der Waals surface area contributed by atoms with Crippen molar-refractivity contribution in [3.63, 3.8) is 0 Å². The number of carbonyl (C=O) groups excluding carboxylic acids is 2. The molecule has 0 aromatic heterocycles. The largest absolute Gasteiger partial charge is 0.496 e. The van der Waals surface area contributed by atoms with E-state index in [2.05, 4.69) is 15.8 Å². The monoisotopic (exact) mass is 506 g/mol. The number of nitro groups is 1. The van der Waals surface area contributed by atoms with Gasteiger partial charge in [-0.15, -0.1) is 0 Å². The van der Waals surface area contributed by atoms with Gasteiger partial charge in [-0.25, -0.2) is 5.43 Å². The van der Waals surface area contributed by atoms with Gasteiger partial charge in [0.2, 0.25) is 0 Å². The number of amides is 2. The van der Waals surface area contributed by atoms with E-state index < -0.39 is 22.8 Å². The average Bonchev–Trinajstić information content (AvgIpc) is 2.89. The molecule has 36 heavy (non-hydrogen) atoms. The van der Waals surface area contributed by atoms with Gasteiger partial charge in [0.25, 0.3) is 17.5 Å². The van der Waals surface area contributed by atoms with Gasteiger partial charge in [-0.1, -0.05) is 42.5 Å². The summed E-state index contributed by atoms with van der Waals surface area (Å²) in [6.45, 7) is 1.92. The molecular formula is C26H26N4O5S. The molecule has 2 amide bonds. The summed E-state index contributed by atoms with van der Waals surface area (Å²) in [4.78, 5) is 36.0. The van der Waals surface area contributed by atoms with Crippen molar-refractivity contribution in [1.29, 1.82) is 0 Å². The second-order valence-electron chi connectivity index (χ2n) is 7.79. The topological polar surface area (TPSA) is 123 Å². The average molecular weight is 507 g/mol. The first-order valence-corrected chi connectivity index (χ1v) is 12.2. The number of thioether (sulfide) groups is 1. The number of carbonyl (C=O) groups is 2. The number of nitro benzene ring substituents is 1. The second-order valence-corrected chi connectivity index (χ2v) is 8.82. The Balaban J connectivity index is 1.67. The third-order valence-corrected chi connectivity index (χ3v) is 6.29. The lowest BCUT2D eigenvalue weighted by Crippen LogP contribution is -2.47. The van der Waals surface area contributed by atoms with E-state index in [1.807, 2.05) is 49.4 Å². The third-order valence-electron chi connectivity index (χ3n) is 5.18. The number of non-ortho nitro benzene ring substituents is 1. The number of benzene rings is 3. The van der Waals surface area contributed by atoms with Gasteiger partial charge in [-0.2, -0.15) is 16.9 Å². The highest BCUT2D eigenvalue weighted by atomic mass is 32.2. The maximum absolute atomic E-state index is 12.9. The number of ether oxygens (including phenoxy) is 1. The standard InChI is InChI=1S/C26H26N4O5S/c1-18-8-9-20(14-24(18)35-2)15-27-29-26(32)23(17-36-16-19-6-4-3-5-7-19)28-25(31)21-10-12-22(13-11-21)30(33)34/h3-15,23H,16-17H2,1-2H3,(H,28,31)(H,29,32)/b27-15+. The van der Waals surface area contributed by atoms with Crippen molar-refractivity contribution in [3.05, 3.63) is 105 Å². The van der Waals surface area contributed by atoms with Gasteiger partial charge < -0.3 is 10.1 Å². The number of hydrogen-bond acceptors (Lipinski definition) is 7. The summed E-state index contributed by atoms with van der Waals surface area (Å²) in [5.74, 6) is 0.659. The van der Waals surface area contributed by atoms with Crippen LogP contribution in [-0.2, 0) is 10.5 Å². The molecule has 0 saturated carbocycles. The molecule has 0 aliphatic rings. The zero-order valence-corrected chi connectivity index (χ0v) is 20.7. The minimum Gasteiger partial charge on any atom is -0.496 e. The number of hydrazone groups is 1. The van der Waals surface area contributed by atoms with Gasteiger partial charge in [0.15, 0.2) is 0 Å². The van der Waals surface area contributed by atoms with Crippen LogP contribution in [0.2, 0.25) is 0 Å². The molecule has 0 bridgehead atoms. The second kappa shape index (κ2) is 13.1. The van der Waals surface area contributed by atoms with E-state index in [1.165, 1.54) is 42.2 Å². The van der Waals surface area contributed by atoms with Gasteiger partial charge in [-0.05, 0) is 41.8 Å². The van der Waals surface area contributed by atoms with Crippen LogP contribution in [-0.4, -0.2) is 41.9 Å². The molecule has 2 N–H and O–H groups in total. The molecule has 10 heteroatoms. The van der Waals surface area contributed by atoms with Crippen LogP contribution in [0.3, 0.4) is 0 Å². The molecule has 0 saturated heterocycles. The van der Waals surface area contributed by atoms with Crippen molar-refractivity contribution in [3.8, 4) is 5.75 Å². The zero-order valence-electron chi connectivity index (χ0n) is 19.8. The number of aryl methyl sites for hydroxylation is 1. The molecule has 1 atom stereocenters. The van der Waals surface area contributed by atoms with E-state index >= 15 is 0 Å². The first-order chi connectivity index (χ1) is 17.4. The molecule has 186 valence electrons. The van der Waals surface area contributed by atoms with E-state index in [1.54, 1.807) is 13.2 Å². The number of methoxy groups -OCH3 is 1. The first kappa shape index (κ1) is 26.4. The van der Waals surface area contributed by atoms with Crippen molar-refractivity contribution in [1.82, 2.24) is 10.7 Å². The molecule has 0 heterocycles. The summed E-state index contributed by atoms with van der Waals surface area (Å²) in [5.41, 5.74) is 5.38. The van der Waals surface area contributed by atoms with Crippen molar-refractivity contribution < 1.29 is 19.2 Å². The van der Waals surface area contributed by atoms with E-state index in [-0.39, 0.29) is 11.3 Å². The quantitative estimate of drug-likeness (QED) is 0.229. The van der Waals surface area contributed by atoms with Crippen LogP contribution in [0.25, 0.3) is 0 Å². The predicted molar refractivity (Wildman–Crippen MR) is 140 cm³/mol. The molecule has 0 spiro atoms. The lowest BCUT2D eigenvalue weighted by Gasteiger charge is -2.17. The molecular weight excluding hydrogens is 480 g/mol. The molecule has 1 unspecified atom stereocenters. The maximum Gasteiger partial charge on any atom is 0.269 e. The summed E-state index contributed by atoms with van der Waals surface area (Å²) in [6.07, 6.45) is 1.49. The normalized spacial score (nSPS) is 11.6. The molecule has 9 nitrogen and oxygen atoms in total. The van der Waals surface area contributed by atoms with Crippen LogP contribution in [0.1, 0.15) is 27.0 Å². The fourth-order valence-corrected chi connectivity index (χ4v) is 4.21. The van der Waals surface area contributed by atoms with Gasteiger partial charge in [0.1, 0.15) is 11.8 Å². The Morgan fingerprint density at radius 3 is 2.50 bits per heavy atom. The Morgan fingerprint density at radius 2 is 1.83 bits per heavy atom. The van der Waals surface area contributed by atoms with Gasteiger partial charge in [-0.3, -0.25) is 19.7 Å². The van der Waals surface area contributed by atoms with Crippen LogP contribution >= 0.6 is 11.8 Å². The van der Waals surface area contributed by atoms with Crippen LogP contribution < -0.4 is 15.5 Å². The van der Waals surface area contributed by atoms with Gasteiger partial charge in [0.05, 0.1) is 18.2 Å². The zero-order chi connectivity index (χ0) is 25.9. The lowest BCUT2D eigenvalue weighted by molar-refractivity contribution is -0.384. The maximum atomic E-state index is 12.9. The SMILES string of the molecule is COc1cc(/C=N/NC(=O)C(CSCc2ccccc2)NC(=O)c2ccc([N+](=O)[O-])cc2)ccc1C. The van der Waals surface area contributed by atoms with Gasteiger partial charge in [0, 0.05) is 29.2 Å². The highest BCUT2D eigenvalue weighted by molar-refractivity contribution is 7.98. The van der Waals surface area contributed by atoms with Crippen molar-refractivity contribution >= 4 is 35.5 Å². The Kier molecular flexibility index (Phi) is 9.58. The molecule has 3 aromatic carbocycles. The molecule has 0 radical (unpaired) electrons. The third kappa shape index (κ3) is 7.67. The number of rotatable bonds is 11. The smallest absolute Gasteiger partial charge is 0.269 e. The summed E-state index contributed by atoms with van der Waals surface area (Å²) in [5, 5.41) is 17.6. The summed E-state index contributed by atoms with van der Waals surface area (Å²) in [6, 6.07) is 19.6. The van der Waals surface area contributed by atoms with Crippen LogP contribution in [0, 0.1) is 17.0 Å². The van der Waals surface area contributed by atoms with Gasteiger partial charge >= 0.3 is 0 Å². The Morgan fingerprint density at radius 1 is 1.11 bits per heavy atom. The Hall–Kier alpha value is -4.18. The molecule has 0 fully saturated rings. The minimum atomic E-state index is -0.883. The predicted octanol–water partition coefficient (Wildman–Crippen LogP) is 4.09. The summed E-state index contributed by atoms with van der Waals surface area (Å²) >= 11 is 1.49. The van der Waals surface area contributed by atoms with E-state index in [9.17, 15) is 19.7 Å². The molecule has 0 aliphatic carbocycles. The fraction of sp³-hybridized carbons (Fsp3) is 0.192. The molecule has 3 rings (SSSR count). The number of hydrogen-bond donors (Lipinski definition) is 2. The Labute approximate surface area is 213 Å². The highest BCUT2D eigenvalue weighted by Crippen LogP contribution is 2.18. The van der Waals surface area contributed by atoms with Crippen LogP contribution in [0.4, 0.5) is 5.69 Å². The van der Waals surface area contributed by atoms with E-state index in [0.29, 0.717) is 17.3 Å². The minimum absolute atomic E-state index is 0.124. The number of nitrogens with zero attached hydrogens (tertiary/aromatic N) is 2.